The third-order valence-corrected chi connectivity index (χ3v) is 7.00. The van der Waals surface area contributed by atoms with Crippen LogP contribution in [-0.2, 0) is 9.47 Å². The Kier molecular flexibility index (Phi) is 4.49. The van der Waals surface area contributed by atoms with Gasteiger partial charge in [-0.3, -0.25) is 0 Å². The Bertz CT molecular complexity index is 1030. The van der Waals surface area contributed by atoms with Gasteiger partial charge in [0, 0.05) is 35.5 Å². The lowest BCUT2D eigenvalue weighted by atomic mass is 10.2. The highest BCUT2D eigenvalue weighted by atomic mass is 127. The summed E-state index contributed by atoms with van der Waals surface area (Å²) in [6.45, 7) is 2.62. The number of anilines is 1. The van der Waals surface area contributed by atoms with Crippen molar-refractivity contribution in [1.29, 1.82) is 0 Å². The van der Waals surface area contributed by atoms with Crippen molar-refractivity contribution in [3.8, 4) is 5.82 Å². The van der Waals surface area contributed by atoms with Crippen molar-refractivity contribution in [3.63, 3.8) is 0 Å². The molecule has 0 spiro atoms. The molecule has 3 atom stereocenters. The van der Waals surface area contributed by atoms with E-state index < -0.39 is 0 Å². The van der Waals surface area contributed by atoms with Crippen LogP contribution in [0.1, 0.15) is 38.3 Å². The van der Waals surface area contributed by atoms with Crippen LogP contribution < -0.4 is 4.90 Å². The minimum atomic E-state index is 0.0202. The molecule has 9 heteroatoms. The maximum absolute atomic E-state index is 5.99. The topological polar surface area (TPSA) is 70.2 Å². The molecule has 0 radical (unpaired) electrons. The van der Waals surface area contributed by atoms with E-state index in [9.17, 15) is 0 Å². The third kappa shape index (κ3) is 3.23. The van der Waals surface area contributed by atoms with E-state index in [1.54, 1.807) is 0 Å². The van der Waals surface area contributed by atoms with E-state index in [2.05, 4.69) is 38.7 Å². The summed E-state index contributed by atoms with van der Waals surface area (Å²) in [4.78, 5) is 7.36. The molecule has 3 aromatic heterocycles. The second-order valence-electron chi connectivity index (χ2n) is 8.09. The molecule has 29 heavy (non-hydrogen) atoms. The predicted molar refractivity (Wildman–Crippen MR) is 116 cm³/mol. The first-order valence-corrected chi connectivity index (χ1v) is 11.4. The molecule has 2 bridgehead atoms. The number of hydrogen-bond acceptors (Lipinski definition) is 6. The van der Waals surface area contributed by atoms with Crippen LogP contribution in [0.15, 0.2) is 24.5 Å². The summed E-state index contributed by atoms with van der Waals surface area (Å²) < 4.78 is 16.8. The molecule has 0 amide bonds. The Balaban J connectivity index is 1.36. The van der Waals surface area contributed by atoms with Crippen LogP contribution in [0.3, 0.4) is 0 Å². The number of fused-ring (bicyclic) bond motifs is 3. The van der Waals surface area contributed by atoms with Gasteiger partial charge in [-0.1, -0.05) is 0 Å². The van der Waals surface area contributed by atoms with Crippen molar-refractivity contribution in [2.24, 2.45) is 0 Å². The zero-order chi connectivity index (χ0) is 19.4. The lowest BCUT2D eigenvalue weighted by Gasteiger charge is -2.33. The summed E-state index contributed by atoms with van der Waals surface area (Å²) in [6.07, 6.45) is 10.2. The van der Waals surface area contributed by atoms with E-state index in [0.717, 1.165) is 71.6 Å². The molecule has 0 saturated carbocycles. The van der Waals surface area contributed by atoms with Gasteiger partial charge in [0.25, 0.3) is 0 Å². The molecule has 3 aromatic rings. The lowest BCUT2D eigenvalue weighted by molar-refractivity contribution is -0.0395. The Morgan fingerprint density at radius 1 is 1.07 bits per heavy atom. The largest absolute Gasteiger partial charge is 0.371 e. The van der Waals surface area contributed by atoms with Crippen molar-refractivity contribution in [2.45, 2.75) is 50.5 Å². The van der Waals surface area contributed by atoms with Gasteiger partial charge in [0.1, 0.15) is 12.0 Å². The maximum atomic E-state index is 5.99. The van der Waals surface area contributed by atoms with E-state index in [1.165, 1.54) is 6.42 Å². The molecule has 0 aromatic carbocycles. The SMILES string of the molecule is Ic1cc(N2CC3CCC(C2)O3)nc2c1cnn2-c1ccn(C2CCCCO2)n1. The molecule has 3 aliphatic heterocycles. The molecule has 8 nitrogen and oxygen atoms in total. The molecule has 3 aliphatic rings. The number of aromatic nitrogens is 5. The minimum Gasteiger partial charge on any atom is -0.371 e. The lowest BCUT2D eigenvalue weighted by Crippen LogP contribution is -2.43. The Morgan fingerprint density at radius 3 is 2.72 bits per heavy atom. The molecular formula is C20H23IN6O2. The number of ether oxygens (including phenoxy) is 2. The van der Waals surface area contributed by atoms with Gasteiger partial charge in [-0.05, 0) is 60.8 Å². The number of pyridine rings is 1. The highest BCUT2D eigenvalue weighted by Gasteiger charge is 2.34. The molecule has 0 aliphatic carbocycles. The minimum absolute atomic E-state index is 0.0202. The van der Waals surface area contributed by atoms with Gasteiger partial charge in [-0.25, -0.2) is 9.67 Å². The fraction of sp³-hybridized carbons (Fsp3) is 0.550. The first kappa shape index (κ1) is 18.1. The standard InChI is InChI=1S/C20H23IN6O2/c21-16-9-18(25-11-13-4-5-14(12-25)29-13)23-20-15(16)10-22-27(20)17-6-7-26(24-17)19-3-1-2-8-28-19/h6-7,9-10,13-14,19H,1-5,8,11-12H2. The van der Waals surface area contributed by atoms with Gasteiger partial charge < -0.3 is 14.4 Å². The van der Waals surface area contributed by atoms with Gasteiger partial charge in [-0.15, -0.1) is 0 Å². The van der Waals surface area contributed by atoms with E-state index in [4.69, 9.17) is 19.6 Å². The maximum Gasteiger partial charge on any atom is 0.177 e. The Morgan fingerprint density at radius 2 is 1.93 bits per heavy atom. The van der Waals surface area contributed by atoms with Crippen LogP contribution in [0.2, 0.25) is 0 Å². The van der Waals surface area contributed by atoms with Gasteiger partial charge >= 0.3 is 0 Å². The second kappa shape index (κ2) is 7.21. The summed E-state index contributed by atoms with van der Waals surface area (Å²) in [6, 6.07) is 4.15. The van der Waals surface area contributed by atoms with Crippen LogP contribution in [0, 0.1) is 3.57 Å². The van der Waals surface area contributed by atoms with Gasteiger partial charge in [-0.2, -0.15) is 14.9 Å². The van der Waals surface area contributed by atoms with Gasteiger partial charge in [0.15, 0.2) is 11.5 Å². The predicted octanol–water partition coefficient (Wildman–Crippen LogP) is 3.29. The number of halogens is 1. The Hall–Kier alpha value is -1.72. The van der Waals surface area contributed by atoms with Crippen molar-refractivity contribution in [1.82, 2.24) is 24.5 Å². The van der Waals surface area contributed by atoms with Crippen molar-refractivity contribution >= 4 is 39.4 Å². The molecule has 3 saturated heterocycles. The molecule has 3 fully saturated rings. The van der Waals surface area contributed by atoms with Crippen LogP contribution in [-0.4, -0.2) is 56.4 Å². The fourth-order valence-corrected chi connectivity index (χ4v) is 5.27. The average Bonchev–Trinajstić information content (AvgIpc) is 3.47. The number of rotatable bonds is 3. The highest BCUT2D eigenvalue weighted by molar-refractivity contribution is 14.1. The quantitative estimate of drug-likeness (QED) is 0.508. The average molecular weight is 506 g/mol. The normalized spacial score (nSPS) is 27.1. The van der Waals surface area contributed by atoms with E-state index in [0.29, 0.717) is 12.2 Å². The van der Waals surface area contributed by atoms with Crippen LogP contribution in [0.4, 0.5) is 5.82 Å². The molecule has 6 rings (SSSR count). The smallest absolute Gasteiger partial charge is 0.177 e. The van der Waals surface area contributed by atoms with E-state index >= 15 is 0 Å². The summed E-state index contributed by atoms with van der Waals surface area (Å²) in [7, 11) is 0. The molecular weight excluding hydrogens is 483 g/mol. The monoisotopic (exact) mass is 506 g/mol. The van der Waals surface area contributed by atoms with Crippen LogP contribution in [0.5, 0.6) is 0 Å². The van der Waals surface area contributed by atoms with E-state index in [-0.39, 0.29) is 6.23 Å². The van der Waals surface area contributed by atoms with Crippen molar-refractivity contribution in [3.05, 3.63) is 28.1 Å². The zero-order valence-corrected chi connectivity index (χ0v) is 18.2. The van der Waals surface area contributed by atoms with Crippen molar-refractivity contribution < 1.29 is 9.47 Å². The van der Waals surface area contributed by atoms with Gasteiger partial charge in [0.2, 0.25) is 0 Å². The molecule has 6 heterocycles. The summed E-state index contributed by atoms with van der Waals surface area (Å²) in [5, 5.41) is 10.4. The Labute approximate surface area is 182 Å². The summed E-state index contributed by atoms with van der Waals surface area (Å²) >= 11 is 2.38. The molecule has 0 N–H and O–H groups in total. The summed E-state index contributed by atoms with van der Waals surface area (Å²) in [5.41, 5.74) is 0.848. The first-order chi connectivity index (χ1) is 14.2. The highest BCUT2D eigenvalue weighted by Crippen LogP contribution is 2.32. The van der Waals surface area contributed by atoms with Crippen LogP contribution >= 0.6 is 22.6 Å². The zero-order valence-electron chi connectivity index (χ0n) is 16.1. The summed E-state index contributed by atoms with van der Waals surface area (Å²) in [5.74, 6) is 1.77. The first-order valence-electron chi connectivity index (χ1n) is 10.4. The van der Waals surface area contributed by atoms with Gasteiger partial charge in [0.05, 0.1) is 23.8 Å². The number of nitrogens with zero attached hydrogens (tertiary/aromatic N) is 6. The van der Waals surface area contributed by atoms with Crippen molar-refractivity contribution in [2.75, 3.05) is 24.6 Å². The second-order valence-corrected chi connectivity index (χ2v) is 9.26. The third-order valence-electron chi connectivity index (χ3n) is 6.11. The number of morpholine rings is 1. The van der Waals surface area contributed by atoms with E-state index in [1.807, 2.05) is 27.8 Å². The molecule has 152 valence electrons. The fourth-order valence-electron chi connectivity index (χ4n) is 4.62. The van der Waals surface area contributed by atoms with Crippen LogP contribution in [0.25, 0.3) is 16.9 Å². The molecule has 3 unspecified atom stereocenters. The number of hydrogen-bond donors (Lipinski definition) is 0.